The van der Waals surface area contributed by atoms with Gasteiger partial charge in [0, 0.05) is 21.7 Å². The van der Waals surface area contributed by atoms with E-state index in [9.17, 15) is 0 Å². The number of aromatic nitrogens is 1. The van der Waals surface area contributed by atoms with Gasteiger partial charge in [0.1, 0.15) is 5.01 Å². The molecule has 0 spiro atoms. The van der Waals surface area contributed by atoms with E-state index in [0.29, 0.717) is 5.88 Å². The first kappa shape index (κ1) is 9.97. The minimum absolute atomic E-state index is 0.512. The van der Waals surface area contributed by atoms with E-state index < -0.39 is 0 Å². The molecule has 1 nitrogen and oxygen atoms in total. The van der Waals surface area contributed by atoms with E-state index in [1.807, 2.05) is 24.3 Å². The smallest absolute Gasteiger partial charge is 0.123 e. The Hall–Kier alpha value is -0.570. The van der Waals surface area contributed by atoms with Crippen molar-refractivity contribution in [3.63, 3.8) is 0 Å². The van der Waals surface area contributed by atoms with Crippen LogP contribution >= 0.6 is 34.5 Å². The Bertz CT molecular complexity index is 439. The topological polar surface area (TPSA) is 12.9 Å². The van der Waals surface area contributed by atoms with E-state index >= 15 is 0 Å². The van der Waals surface area contributed by atoms with Crippen molar-refractivity contribution >= 4 is 34.5 Å². The van der Waals surface area contributed by atoms with Gasteiger partial charge in [-0.05, 0) is 12.1 Å². The third-order valence-electron chi connectivity index (χ3n) is 1.76. The van der Waals surface area contributed by atoms with Crippen molar-refractivity contribution in [2.75, 3.05) is 0 Å². The van der Waals surface area contributed by atoms with Crippen molar-refractivity contribution in [1.82, 2.24) is 4.98 Å². The van der Waals surface area contributed by atoms with Crippen LogP contribution in [0.3, 0.4) is 0 Å². The van der Waals surface area contributed by atoms with Crippen molar-refractivity contribution in [2.24, 2.45) is 0 Å². The molecule has 0 aliphatic rings. The summed E-state index contributed by atoms with van der Waals surface area (Å²) in [5.74, 6) is 0.512. The van der Waals surface area contributed by atoms with Gasteiger partial charge in [0.15, 0.2) is 0 Å². The molecule has 4 heteroatoms. The molecule has 14 heavy (non-hydrogen) atoms. The average Bonchev–Trinajstić information content (AvgIpc) is 2.66. The molecule has 1 aromatic carbocycles. The van der Waals surface area contributed by atoms with Crippen LogP contribution in [0.5, 0.6) is 0 Å². The second-order valence-electron chi connectivity index (χ2n) is 2.78. The van der Waals surface area contributed by atoms with Gasteiger partial charge in [0.25, 0.3) is 0 Å². The second-order valence-corrected chi connectivity index (χ2v) is 4.59. The summed E-state index contributed by atoms with van der Waals surface area (Å²) in [5.41, 5.74) is 1.04. The van der Waals surface area contributed by atoms with Gasteiger partial charge in [-0.2, -0.15) is 0 Å². The van der Waals surface area contributed by atoms with Crippen LogP contribution in [0.1, 0.15) is 4.88 Å². The molecule has 2 aromatic rings. The molecule has 0 atom stereocenters. The predicted octanol–water partition coefficient (Wildman–Crippen LogP) is 4.20. The average molecular weight is 244 g/mol. The highest BCUT2D eigenvalue weighted by atomic mass is 35.5. The van der Waals surface area contributed by atoms with Crippen LogP contribution < -0.4 is 0 Å². The van der Waals surface area contributed by atoms with Crippen LogP contribution in [0.2, 0.25) is 5.02 Å². The Morgan fingerprint density at radius 3 is 2.86 bits per heavy atom. The van der Waals surface area contributed by atoms with E-state index in [-0.39, 0.29) is 0 Å². The van der Waals surface area contributed by atoms with Crippen molar-refractivity contribution in [3.05, 3.63) is 40.4 Å². The van der Waals surface area contributed by atoms with Gasteiger partial charge in [-0.15, -0.1) is 22.9 Å². The number of hydrogen-bond acceptors (Lipinski definition) is 2. The third kappa shape index (κ3) is 2.08. The van der Waals surface area contributed by atoms with Crippen LogP contribution in [0.15, 0.2) is 30.5 Å². The van der Waals surface area contributed by atoms with Crippen LogP contribution in [-0.2, 0) is 5.88 Å². The Morgan fingerprint density at radius 2 is 2.21 bits per heavy atom. The second kappa shape index (κ2) is 4.30. The van der Waals surface area contributed by atoms with E-state index in [0.717, 1.165) is 20.5 Å². The summed E-state index contributed by atoms with van der Waals surface area (Å²) in [6.45, 7) is 0. The molecule has 0 fully saturated rings. The van der Waals surface area contributed by atoms with E-state index in [4.69, 9.17) is 23.2 Å². The maximum Gasteiger partial charge on any atom is 0.123 e. The molecule has 2 rings (SSSR count). The fraction of sp³-hybridized carbons (Fsp3) is 0.100. The number of thiazole rings is 1. The van der Waals surface area contributed by atoms with Gasteiger partial charge in [0.2, 0.25) is 0 Å². The van der Waals surface area contributed by atoms with Crippen LogP contribution in [0, 0.1) is 0 Å². The number of hydrogen-bond donors (Lipinski definition) is 0. The Kier molecular flexibility index (Phi) is 3.06. The van der Waals surface area contributed by atoms with Gasteiger partial charge < -0.3 is 0 Å². The lowest BCUT2D eigenvalue weighted by Gasteiger charge is -1.95. The van der Waals surface area contributed by atoms with E-state index in [2.05, 4.69) is 4.98 Å². The molecular formula is C10H7Cl2NS. The molecule has 0 saturated heterocycles. The van der Waals surface area contributed by atoms with Gasteiger partial charge >= 0.3 is 0 Å². The molecule has 72 valence electrons. The molecule has 1 aromatic heterocycles. The lowest BCUT2D eigenvalue weighted by molar-refractivity contribution is 1.36. The SMILES string of the molecule is ClCc1cnc(-c2cccc(Cl)c2)s1. The molecule has 0 aliphatic heterocycles. The van der Waals surface area contributed by atoms with Crippen molar-refractivity contribution in [3.8, 4) is 10.6 Å². The number of nitrogens with zero attached hydrogens (tertiary/aromatic N) is 1. The van der Waals surface area contributed by atoms with Crippen molar-refractivity contribution in [1.29, 1.82) is 0 Å². The molecule has 0 aliphatic carbocycles. The Balaban J connectivity index is 2.39. The summed E-state index contributed by atoms with van der Waals surface area (Å²) in [6.07, 6.45) is 1.80. The summed E-state index contributed by atoms with van der Waals surface area (Å²) < 4.78 is 0. The third-order valence-corrected chi connectivity index (χ3v) is 3.48. The largest absolute Gasteiger partial charge is 0.244 e. The van der Waals surface area contributed by atoms with Gasteiger partial charge in [-0.3, -0.25) is 0 Å². The Morgan fingerprint density at radius 1 is 1.36 bits per heavy atom. The minimum atomic E-state index is 0.512. The summed E-state index contributed by atoms with van der Waals surface area (Å²) >= 11 is 13.2. The van der Waals surface area contributed by atoms with E-state index in [1.165, 1.54) is 0 Å². The fourth-order valence-electron chi connectivity index (χ4n) is 1.12. The first-order chi connectivity index (χ1) is 6.79. The first-order valence-electron chi connectivity index (χ1n) is 4.06. The lowest BCUT2D eigenvalue weighted by Crippen LogP contribution is -1.73. The lowest BCUT2D eigenvalue weighted by atomic mass is 10.2. The van der Waals surface area contributed by atoms with Gasteiger partial charge in [-0.1, -0.05) is 23.7 Å². The van der Waals surface area contributed by atoms with Crippen LogP contribution in [-0.4, -0.2) is 4.98 Å². The number of rotatable bonds is 2. The monoisotopic (exact) mass is 243 g/mol. The zero-order valence-electron chi connectivity index (χ0n) is 7.21. The Labute approximate surface area is 96.3 Å². The normalized spacial score (nSPS) is 10.4. The fourth-order valence-corrected chi connectivity index (χ4v) is 2.31. The molecular weight excluding hydrogens is 237 g/mol. The first-order valence-corrected chi connectivity index (χ1v) is 5.79. The standard InChI is InChI=1S/C10H7Cl2NS/c11-5-9-6-13-10(14-9)7-2-1-3-8(12)4-7/h1-4,6H,5H2. The summed E-state index contributed by atoms with van der Waals surface area (Å²) in [6, 6.07) is 7.65. The highest BCUT2D eigenvalue weighted by Crippen LogP contribution is 2.27. The zero-order chi connectivity index (χ0) is 9.97. The maximum absolute atomic E-state index is 5.89. The number of halogens is 2. The highest BCUT2D eigenvalue weighted by Gasteiger charge is 2.03. The van der Waals surface area contributed by atoms with Crippen LogP contribution in [0.4, 0.5) is 0 Å². The molecule has 0 radical (unpaired) electrons. The summed E-state index contributed by atoms with van der Waals surface area (Å²) in [4.78, 5) is 5.34. The van der Waals surface area contributed by atoms with Crippen molar-refractivity contribution < 1.29 is 0 Å². The van der Waals surface area contributed by atoms with Gasteiger partial charge in [-0.25, -0.2) is 4.98 Å². The predicted molar refractivity (Wildman–Crippen MR) is 62.1 cm³/mol. The number of alkyl halides is 1. The maximum atomic E-state index is 5.89. The zero-order valence-corrected chi connectivity index (χ0v) is 9.53. The molecule has 0 unspecified atom stereocenters. The van der Waals surface area contributed by atoms with E-state index in [1.54, 1.807) is 17.5 Å². The van der Waals surface area contributed by atoms with Crippen molar-refractivity contribution in [2.45, 2.75) is 5.88 Å². The van der Waals surface area contributed by atoms with Gasteiger partial charge in [0.05, 0.1) is 5.88 Å². The molecule has 0 bridgehead atoms. The number of benzene rings is 1. The highest BCUT2D eigenvalue weighted by molar-refractivity contribution is 7.15. The summed E-state index contributed by atoms with van der Waals surface area (Å²) in [7, 11) is 0. The summed E-state index contributed by atoms with van der Waals surface area (Å²) in [5, 5.41) is 1.69. The molecule has 1 heterocycles. The molecule has 0 amide bonds. The quantitative estimate of drug-likeness (QED) is 0.721. The molecule has 0 N–H and O–H groups in total. The minimum Gasteiger partial charge on any atom is -0.244 e. The molecule has 0 saturated carbocycles. The van der Waals surface area contributed by atoms with Crippen LogP contribution in [0.25, 0.3) is 10.6 Å².